The highest BCUT2D eigenvalue weighted by Gasteiger charge is 2.15. The molecule has 0 aromatic carbocycles. The highest BCUT2D eigenvalue weighted by atomic mass is 32.2. The summed E-state index contributed by atoms with van der Waals surface area (Å²) in [5, 5.41) is 6.40. The first-order chi connectivity index (χ1) is 8.62. The molecule has 0 bridgehead atoms. The molecule has 2 rings (SSSR count). The first kappa shape index (κ1) is 12.8. The van der Waals surface area contributed by atoms with Gasteiger partial charge in [-0.05, 0) is 18.4 Å². The van der Waals surface area contributed by atoms with E-state index in [-0.39, 0.29) is 4.90 Å². The molecule has 18 heavy (non-hydrogen) atoms. The maximum atomic E-state index is 12.0. The maximum Gasteiger partial charge on any atom is 0.265 e. The SMILES string of the molecule is CCNc1ncc(S(=O)(=O)Nc2ccsc2)cn1. The third kappa shape index (κ3) is 2.96. The van der Waals surface area contributed by atoms with Crippen LogP contribution in [0.2, 0.25) is 0 Å². The van der Waals surface area contributed by atoms with Crippen LogP contribution in [0.4, 0.5) is 11.6 Å². The first-order valence-electron chi connectivity index (χ1n) is 5.23. The lowest BCUT2D eigenvalue weighted by Crippen LogP contribution is -2.13. The van der Waals surface area contributed by atoms with Crippen LogP contribution in [0.5, 0.6) is 0 Å². The van der Waals surface area contributed by atoms with Crippen LogP contribution >= 0.6 is 11.3 Å². The van der Waals surface area contributed by atoms with Crippen molar-refractivity contribution in [3.05, 3.63) is 29.2 Å². The highest BCUT2D eigenvalue weighted by Crippen LogP contribution is 2.17. The Morgan fingerprint density at radius 2 is 2.06 bits per heavy atom. The predicted octanol–water partition coefficient (Wildman–Crippen LogP) is 1.77. The van der Waals surface area contributed by atoms with E-state index < -0.39 is 10.0 Å². The fourth-order valence-corrected chi connectivity index (χ4v) is 2.84. The molecule has 2 aromatic heterocycles. The molecular formula is C10H12N4O2S2. The lowest BCUT2D eigenvalue weighted by Gasteiger charge is -2.06. The fourth-order valence-electron chi connectivity index (χ4n) is 1.24. The minimum atomic E-state index is -3.61. The Hall–Kier alpha value is -1.67. The van der Waals surface area contributed by atoms with Gasteiger partial charge in [0.1, 0.15) is 4.90 Å². The minimum Gasteiger partial charge on any atom is -0.355 e. The summed E-state index contributed by atoms with van der Waals surface area (Å²) in [6.45, 7) is 2.59. The highest BCUT2D eigenvalue weighted by molar-refractivity contribution is 7.92. The number of hydrogen-bond donors (Lipinski definition) is 2. The Morgan fingerprint density at radius 3 is 2.61 bits per heavy atom. The van der Waals surface area contributed by atoms with E-state index in [1.807, 2.05) is 6.92 Å². The van der Waals surface area contributed by atoms with Crippen LogP contribution in [0, 0.1) is 0 Å². The van der Waals surface area contributed by atoms with E-state index in [1.54, 1.807) is 16.8 Å². The molecule has 8 heteroatoms. The number of sulfonamides is 1. The molecule has 0 unspecified atom stereocenters. The Labute approximate surface area is 109 Å². The van der Waals surface area contributed by atoms with E-state index in [4.69, 9.17) is 0 Å². The van der Waals surface area contributed by atoms with E-state index in [2.05, 4.69) is 20.0 Å². The number of hydrogen-bond acceptors (Lipinski definition) is 6. The van der Waals surface area contributed by atoms with E-state index in [9.17, 15) is 8.42 Å². The van der Waals surface area contributed by atoms with Gasteiger partial charge >= 0.3 is 0 Å². The van der Waals surface area contributed by atoms with Crippen molar-refractivity contribution in [2.45, 2.75) is 11.8 Å². The molecule has 0 aliphatic carbocycles. The molecule has 0 amide bonds. The van der Waals surface area contributed by atoms with E-state index in [1.165, 1.54) is 23.7 Å². The molecule has 0 spiro atoms. The average molecular weight is 284 g/mol. The third-order valence-electron chi connectivity index (χ3n) is 2.05. The van der Waals surface area contributed by atoms with Crippen LogP contribution in [0.3, 0.4) is 0 Å². The molecule has 0 fully saturated rings. The van der Waals surface area contributed by atoms with Crippen molar-refractivity contribution in [3.8, 4) is 0 Å². The molecule has 0 saturated heterocycles. The number of thiophene rings is 1. The van der Waals surface area contributed by atoms with Gasteiger partial charge in [-0.2, -0.15) is 11.3 Å². The first-order valence-corrected chi connectivity index (χ1v) is 7.65. The predicted molar refractivity (Wildman–Crippen MR) is 71.3 cm³/mol. The van der Waals surface area contributed by atoms with Crippen molar-refractivity contribution in [1.82, 2.24) is 9.97 Å². The summed E-state index contributed by atoms with van der Waals surface area (Å²) in [5.74, 6) is 0.409. The molecule has 0 aliphatic rings. The van der Waals surface area contributed by atoms with Crippen molar-refractivity contribution < 1.29 is 8.42 Å². The zero-order valence-electron chi connectivity index (χ0n) is 9.62. The monoisotopic (exact) mass is 284 g/mol. The molecule has 0 radical (unpaired) electrons. The van der Waals surface area contributed by atoms with Gasteiger partial charge < -0.3 is 5.32 Å². The standard InChI is InChI=1S/C10H12N4O2S2/c1-2-11-10-12-5-9(6-13-10)18(15,16)14-8-3-4-17-7-8/h3-7,14H,2H2,1H3,(H,11,12,13). The second-order valence-electron chi connectivity index (χ2n) is 3.39. The van der Waals surface area contributed by atoms with Crippen LogP contribution in [0.1, 0.15) is 6.92 Å². The number of nitrogens with one attached hydrogen (secondary N) is 2. The number of aromatic nitrogens is 2. The van der Waals surface area contributed by atoms with Crippen LogP contribution < -0.4 is 10.0 Å². The minimum absolute atomic E-state index is 0.0374. The van der Waals surface area contributed by atoms with Gasteiger partial charge in [0.2, 0.25) is 5.95 Å². The Morgan fingerprint density at radius 1 is 1.33 bits per heavy atom. The van der Waals surface area contributed by atoms with Crippen molar-refractivity contribution in [1.29, 1.82) is 0 Å². The summed E-state index contributed by atoms with van der Waals surface area (Å²) in [6, 6.07) is 1.69. The summed E-state index contributed by atoms with van der Waals surface area (Å²) >= 11 is 1.42. The summed E-state index contributed by atoms with van der Waals surface area (Å²) in [5.41, 5.74) is 0.538. The molecule has 0 aliphatic heterocycles. The molecule has 2 N–H and O–H groups in total. The second kappa shape index (κ2) is 5.32. The van der Waals surface area contributed by atoms with Gasteiger partial charge in [0.25, 0.3) is 10.0 Å². The molecule has 0 saturated carbocycles. The summed E-state index contributed by atoms with van der Waals surface area (Å²) in [6.07, 6.45) is 2.55. The molecule has 2 heterocycles. The lowest BCUT2D eigenvalue weighted by molar-refractivity contribution is 0.600. The molecule has 6 nitrogen and oxygen atoms in total. The van der Waals surface area contributed by atoms with Gasteiger partial charge in [0.15, 0.2) is 0 Å². The zero-order valence-corrected chi connectivity index (χ0v) is 11.3. The van der Waals surface area contributed by atoms with Crippen molar-refractivity contribution in [2.75, 3.05) is 16.6 Å². The quantitative estimate of drug-likeness (QED) is 0.874. The topological polar surface area (TPSA) is 84.0 Å². The lowest BCUT2D eigenvalue weighted by atomic mass is 10.6. The van der Waals surface area contributed by atoms with Crippen molar-refractivity contribution in [2.24, 2.45) is 0 Å². The van der Waals surface area contributed by atoms with E-state index >= 15 is 0 Å². The zero-order chi connectivity index (χ0) is 13.0. The van der Waals surface area contributed by atoms with Crippen LogP contribution in [0.15, 0.2) is 34.1 Å². The van der Waals surface area contributed by atoms with Crippen LogP contribution in [0.25, 0.3) is 0 Å². The van der Waals surface area contributed by atoms with Gasteiger partial charge in [-0.15, -0.1) is 0 Å². The Balaban J connectivity index is 2.19. The average Bonchev–Trinajstić information content (AvgIpc) is 2.82. The van der Waals surface area contributed by atoms with Gasteiger partial charge in [-0.3, -0.25) is 4.72 Å². The summed E-state index contributed by atoms with van der Waals surface area (Å²) in [7, 11) is -3.61. The van der Waals surface area contributed by atoms with Crippen LogP contribution in [-0.2, 0) is 10.0 Å². The van der Waals surface area contributed by atoms with Crippen molar-refractivity contribution >= 4 is 33.0 Å². The fraction of sp³-hybridized carbons (Fsp3) is 0.200. The number of rotatable bonds is 5. The third-order valence-corrected chi connectivity index (χ3v) is 4.07. The van der Waals surface area contributed by atoms with Crippen LogP contribution in [-0.4, -0.2) is 24.9 Å². The van der Waals surface area contributed by atoms with E-state index in [0.717, 1.165) is 0 Å². The molecule has 2 aromatic rings. The number of nitrogens with zero attached hydrogens (tertiary/aromatic N) is 2. The Bertz CT molecular complexity index is 593. The normalized spacial score (nSPS) is 11.2. The summed E-state index contributed by atoms with van der Waals surface area (Å²) in [4.78, 5) is 7.89. The molecular weight excluding hydrogens is 272 g/mol. The second-order valence-corrected chi connectivity index (χ2v) is 5.85. The molecule has 0 atom stereocenters. The smallest absolute Gasteiger partial charge is 0.265 e. The van der Waals surface area contributed by atoms with Gasteiger partial charge in [-0.1, -0.05) is 0 Å². The van der Waals surface area contributed by atoms with Gasteiger partial charge in [0, 0.05) is 11.9 Å². The van der Waals surface area contributed by atoms with Gasteiger partial charge in [0.05, 0.1) is 18.1 Å². The molecule has 96 valence electrons. The Kier molecular flexibility index (Phi) is 3.78. The van der Waals surface area contributed by atoms with Crippen molar-refractivity contribution in [3.63, 3.8) is 0 Å². The van der Waals surface area contributed by atoms with E-state index in [0.29, 0.717) is 18.2 Å². The maximum absolute atomic E-state index is 12.0. The summed E-state index contributed by atoms with van der Waals surface area (Å²) < 4.78 is 26.4. The van der Waals surface area contributed by atoms with Gasteiger partial charge in [-0.25, -0.2) is 18.4 Å². The largest absolute Gasteiger partial charge is 0.355 e. The number of anilines is 2.